The lowest BCUT2D eigenvalue weighted by Gasteiger charge is -2.34. The van der Waals surface area contributed by atoms with Gasteiger partial charge in [0.2, 0.25) is 0 Å². The maximum absolute atomic E-state index is 2.37. The highest BCUT2D eigenvalue weighted by Crippen LogP contribution is 2.37. The van der Waals surface area contributed by atoms with Crippen LogP contribution in [-0.2, 0) is 0 Å². The van der Waals surface area contributed by atoms with E-state index in [1.165, 1.54) is 19.3 Å². The third kappa shape index (κ3) is 1.62. The molecule has 0 aromatic carbocycles. The summed E-state index contributed by atoms with van der Waals surface area (Å²) in [6, 6.07) is 0. The van der Waals surface area contributed by atoms with Crippen molar-refractivity contribution in [1.29, 1.82) is 0 Å². The molecule has 1 aliphatic rings. The molecule has 0 aromatic heterocycles. The standard InChI is InChI=1S/C10H18/c1-4-8(2)7-10-6-5-9(10)3/h4,9-10H,5-7H2,1-3H3. The Hall–Kier alpha value is -0.260. The molecule has 1 aliphatic carbocycles. The van der Waals surface area contributed by atoms with E-state index >= 15 is 0 Å². The Morgan fingerprint density at radius 3 is 2.50 bits per heavy atom. The Labute approximate surface area is 64.3 Å². The second kappa shape index (κ2) is 3.23. The molecular weight excluding hydrogens is 120 g/mol. The van der Waals surface area contributed by atoms with Crippen molar-refractivity contribution in [1.82, 2.24) is 0 Å². The quantitative estimate of drug-likeness (QED) is 0.513. The summed E-state index contributed by atoms with van der Waals surface area (Å²) in [5.74, 6) is 2.01. The van der Waals surface area contributed by atoms with Crippen molar-refractivity contribution in [3.63, 3.8) is 0 Å². The molecular formula is C10H18. The molecule has 0 nitrogen and oxygen atoms in total. The lowest BCUT2D eigenvalue weighted by Crippen LogP contribution is -2.22. The summed E-state index contributed by atoms with van der Waals surface area (Å²) in [6.07, 6.45) is 6.51. The second-order valence-corrected chi connectivity index (χ2v) is 3.65. The fourth-order valence-corrected chi connectivity index (χ4v) is 1.57. The highest BCUT2D eigenvalue weighted by Gasteiger charge is 2.25. The number of hydrogen-bond donors (Lipinski definition) is 0. The summed E-state index contributed by atoms with van der Waals surface area (Å²) < 4.78 is 0. The molecule has 0 bridgehead atoms. The van der Waals surface area contributed by atoms with Crippen LogP contribution in [0.3, 0.4) is 0 Å². The predicted octanol–water partition coefficient (Wildman–Crippen LogP) is 3.39. The molecule has 0 heterocycles. The largest absolute Gasteiger partial charge is 0.0887 e. The van der Waals surface area contributed by atoms with E-state index in [1.807, 2.05) is 0 Å². The molecule has 0 heteroatoms. The van der Waals surface area contributed by atoms with Gasteiger partial charge in [0.05, 0.1) is 0 Å². The SMILES string of the molecule is CC=C(C)CC1CCC1C. The summed E-state index contributed by atoms with van der Waals surface area (Å²) in [7, 11) is 0. The van der Waals surface area contributed by atoms with Gasteiger partial charge in [-0.25, -0.2) is 0 Å². The van der Waals surface area contributed by atoms with Crippen LogP contribution in [0.4, 0.5) is 0 Å². The smallest absolute Gasteiger partial charge is 0.0292 e. The molecule has 0 amide bonds. The topological polar surface area (TPSA) is 0 Å². The first kappa shape index (κ1) is 7.84. The zero-order valence-corrected chi connectivity index (χ0v) is 7.35. The molecule has 10 heavy (non-hydrogen) atoms. The predicted molar refractivity (Wildman–Crippen MR) is 45.9 cm³/mol. The van der Waals surface area contributed by atoms with E-state index in [0.717, 1.165) is 11.8 Å². The van der Waals surface area contributed by atoms with Gasteiger partial charge in [-0.05, 0) is 38.5 Å². The van der Waals surface area contributed by atoms with E-state index in [0.29, 0.717) is 0 Å². The zero-order valence-electron chi connectivity index (χ0n) is 7.35. The van der Waals surface area contributed by atoms with E-state index in [9.17, 15) is 0 Å². The molecule has 58 valence electrons. The normalized spacial score (nSPS) is 33.7. The van der Waals surface area contributed by atoms with Crippen LogP contribution in [0.5, 0.6) is 0 Å². The van der Waals surface area contributed by atoms with E-state index in [2.05, 4.69) is 26.8 Å². The van der Waals surface area contributed by atoms with Gasteiger partial charge in [-0.2, -0.15) is 0 Å². The lowest BCUT2D eigenvalue weighted by atomic mass is 9.72. The summed E-state index contributed by atoms with van der Waals surface area (Å²) in [5, 5.41) is 0. The highest BCUT2D eigenvalue weighted by molar-refractivity contribution is 4.99. The minimum absolute atomic E-state index is 0.995. The minimum Gasteiger partial charge on any atom is -0.0887 e. The molecule has 0 N–H and O–H groups in total. The van der Waals surface area contributed by atoms with Crippen molar-refractivity contribution < 1.29 is 0 Å². The van der Waals surface area contributed by atoms with Crippen molar-refractivity contribution in [3.05, 3.63) is 11.6 Å². The maximum Gasteiger partial charge on any atom is -0.0292 e. The summed E-state index contributed by atoms with van der Waals surface area (Å²) in [5.41, 5.74) is 1.57. The molecule has 1 saturated carbocycles. The van der Waals surface area contributed by atoms with Crippen molar-refractivity contribution in [2.75, 3.05) is 0 Å². The third-order valence-corrected chi connectivity index (χ3v) is 2.87. The number of allylic oxidation sites excluding steroid dienone is 2. The average Bonchev–Trinajstić information content (AvgIpc) is 1.96. The van der Waals surface area contributed by atoms with Gasteiger partial charge in [-0.3, -0.25) is 0 Å². The van der Waals surface area contributed by atoms with Gasteiger partial charge in [0.25, 0.3) is 0 Å². The van der Waals surface area contributed by atoms with E-state index < -0.39 is 0 Å². The van der Waals surface area contributed by atoms with Crippen LogP contribution in [0.15, 0.2) is 11.6 Å². The molecule has 0 radical (unpaired) electrons. The van der Waals surface area contributed by atoms with Crippen molar-refractivity contribution in [3.8, 4) is 0 Å². The zero-order chi connectivity index (χ0) is 7.56. The lowest BCUT2D eigenvalue weighted by molar-refractivity contribution is 0.195. The number of hydrogen-bond acceptors (Lipinski definition) is 0. The van der Waals surface area contributed by atoms with Gasteiger partial charge < -0.3 is 0 Å². The Morgan fingerprint density at radius 1 is 1.50 bits per heavy atom. The van der Waals surface area contributed by atoms with Crippen molar-refractivity contribution >= 4 is 0 Å². The van der Waals surface area contributed by atoms with Gasteiger partial charge in [0.15, 0.2) is 0 Å². The van der Waals surface area contributed by atoms with Crippen LogP contribution >= 0.6 is 0 Å². The van der Waals surface area contributed by atoms with E-state index in [1.54, 1.807) is 5.57 Å². The Morgan fingerprint density at radius 2 is 2.20 bits per heavy atom. The van der Waals surface area contributed by atoms with Gasteiger partial charge in [0.1, 0.15) is 0 Å². The average molecular weight is 138 g/mol. The Balaban J connectivity index is 2.25. The van der Waals surface area contributed by atoms with Crippen LogP contribution in [-0.4, -0.2) is 0 Å². The van der Waals surface area contributed by atoms with Crippen LogP contribution in [0.1, 0.15) is 40.0 Å². The fraction of sp³-hybridized carbons (Fsp3) is 0.800. The second-order valence-electron chi connectivity index (χ2n) is 3.65. The molecule has 1 rings (SSSR count). The van der Waals surface area contributed by atoms with Gasteiger partial charge in [-0.15, -0.1) is 0 Å². The van der Waals surface area contributed by atoms with Gasteiger partial charge in [0, 0.05) is 0 Å². The first-order chi connectivity index (χ1) is 4.74. The number of rotatable bonds is 2. The molecule has 0 saturated heterocycles. The maximum atomic E-state index is 2.37. The van der Waals surface area contributed by atoms with Gasteiger partial charge >= 0.3 is 0 Å². The Bertz CT molecular complexity index is 133. The summed E-state index contributed by atoms with van der Waals surface area (Å²) in [6.45, 7) is 6.75. The molecule has 0 spiro atoms. The third-order valence-electron chi connectivity index (χ3n) is 2.87. The molecule has 2 atom stereocenters. The molecule has 1 fully saturated rings. The molecule has 0 aromatic rings. The minimum atomic E-state index is 0.995. The first-order valence-corrected chi connectivity index (χ1v) is 4.36. The monoisotopic (exact) mass is 138 g/mol. The van der Waals surface area contributed by atoms with Crippen LogP contribution in [0.2, 0.25) is 0 Å². The van der Waals surface area contributed by atoms with Crippen molar-refractivity contribution in [2.45, 2.75) is 40.0 Å². The Kier molecular flexibility index (Phi) is 2.53. The van der Waals surface area contributed by atoms with Crippen LogP contribution in [0.25, 0.3) is 0 Å². The summed E-state index contributed by atoms with van der Waals surface area (Å²) in [4.78, 5) is 0. The first-order valence-electron chi connectivity index (χ1n) is 4.36. The van der Waals surface area contributed by atoms with Gasteiger partial charge in [-0.1, -0.05) is 25.0 Å². The van der Waals surface area contributed by atoms with E-state index in [4.69, 9.17) is 0 Å². The van der Waals surface area contributed by atoms with E-state index in [-0.39, 0.29) is 0 Å². The van der Waals surface area contributed by atoms with Crippen LogP contribution < -0.4 is 0 Å². The molecule has 0 aliphatic heterocycles. The van der Waals surface area contributed by atoms with Crippen LogP contribution in [0, 0.1) is 11.8 Å². The summed E-state index contributed by atoms with van der Waals surface area (Å²) >= 11 is 0. The fourth-order valence-electron chi connectivity index (χ4n) is 1.57. The highest BCUT2D eigenvalue weighted by atomic mass is 14.3. The van der Waals surface area contributed by atoms with Crippen molar-refractivity contribution in [2.24, 2.45) is 11.8 Å². The molecule has 2 unspecified atom stereocenters.